The summed E-state index contributed by atoms with van der Waals surface area (Å²) in [6, 6.07) is 11.2. The Morgan fingerprint density at radius 3 is 2.82 bits per heavy atom. The van der Waals surface area contributed by atoms with Gasteiger partial charge in [0.05, 0.1) is 6.07 Å². The highest BCUT2D eigenvalue weighted by molar-refractivity contribution is 8.00. The molecule has 0 fully saturated rings. The molecule has 4 nitrogen and oxygen atoms in total. The molecule has 84 valence electrons. The molecule has 2 aromatic rings. The number of hydrogen-bond acceptors (Lipinski definition) is 5. The first-order valence-corrected chi connectivity index (χ1v) is 6.78. The van der Waals surface area contributed by atoms with Crippen molar-refractivity contribution in [2.24, 2.45) is 0 Å². The van der Waals surface area contributed by atoms with Gasteiger partial charge in [-0.15, -0.1) is 0 Å². The average molecular weight is 264 g/mol. The molecule has 0 saturated heterocycles. The highest BCUT2D eigenvalue weighted by atomic mass is 32.4. The van der Waals surface area contributed by atoms with Crippen molar-refractivity contribution in [2.75, 3.05) is 0 Å². The van der Waals surface area contributed by atoms with Gasteiger partial charge in [-0.3, -0.25) is 0 Å². The van der Waals surface area contributed by atoms with Gasteiger partial charge < -0.3 is 4.52 Å². The van der Waals surface area contributed by atoms with Crippen LogP contribution in [0.4, 0.5) is 0 Å². The summed E-state index contributed by atoms with van der Waals surface area (Å²) in [6.07, 6.45) is 6.90. The van der Waals surface area contributed by atoms with E-state index in [9.17, 15) is 0 Å². The van der Waals surface area contributed by atoms with Crippen molar-refractivity contribution in [2.45, 2.75) is 0 Å². The number of terminal acetylenes is 1. The maximum atomic E-state index is 5.17. The van der Waals surface area contributed by atoms with Gasteiger partial charge in [-0.05, 0) is 5.16 Å². The van der Waals surface area contributed by atoms with Crippen molar-refractivity contribution < 1.29 is 13.6 Å². The van der Waals surface area contributed by atoms with Crippen molar-refractivity contribution in [3.63, 3.8) is 0 Å². The third-order valence-electron chi connectivity index (χ3n) is 1.84. The van der Waals surface area contributed by atoms with Gasteiger partial charge in [0.1, 0.15) is 0 Å². The van der Waals surface area contributed by atoms with Crippen molar-refractivity contribution in [3.8, 4) is 29.7 Å². The van der Waals surface area contributed by atoms with E-state index < -0.39 is 7.15 Å². The van der Waals surface area contributed by atoms with Crippen LogP contribution in [0.3, 0.4) is 0 Å². The molecule has 0 spiro atoms. The molecule has 0 saturated carbocycles. The first-order valence-electron chi connectivity index (χ1n) is 4.59. The zero-order chi connectivity index (χ0) is 12.1. The second-order valence-corrected chi connectivity index (χ2v) is 4.63. The largest absolute Gasteiger partial charge is 0.638 e. The van der Waals surface area contributed by atoms with Crippen LogP contribution in [0.2, 0.25) is 0 Å². The summed E-state index contributed by atoms with van der Waals surface area (Å²) in [5, 5.41) is 3.72. The second-order valence-electron chi connectivity index (χ2n) is 2.92. The predicted molar refractivity (Wildman–Crippen MR) is 66.8 cm³/mol. The summed E-state index contributed by atoms with van der Waals surface area (Å²) in [4.78, 5) is 0. The topological polar surface area (TPSA) is 44.5 Å². The van der Waals surface area contributed by atoms with Gasteiger partial charge >= 0.3 is 13.0 Å². The molecule has 0 amide bonds. The summed E-state index contributed by atoms with van der Waals surface area (Å²) >= 11 is 4.84. The van der Waals surface area contributed by atoms with Crippen LogP contribution in [0.1, 0.15) is 0 Å². The second kappa shape index (κ2) is 5.44. The van der Waals surface area contributed by atoms with E-state index in [1.165, 1.54) is 0 Å². The van der Waals surface area contributed by atoms with Crippen LogP contribution in [-0.2, 0) is 16.3 Å². The summed E-state index contributed by atoms with van der Waals surface area (Å²) in [5.41, 5.74) is 0.904. The highest BCUT2D eigenvalue weighted by Gasteiger charge is 2.19. The van der Waals surface area contributed by atoms with Crippen molar-refractivity contribution in [1.29, 1.82) is 0 Å². The van der Waals surface area contributed by atoms with Crippen LogP contribution in [0, 0.1) is 12.5 Å². The molecule has 0 bridgehead atoms. The lowest BCUT2D eigenvalue weighted by molar-refractivity contribution is 0.392. The Morgan fingerprint density at radius 2 is 2.12 bits per heavy atom. The van der Waals surface area contributed by atoms with E-state index in [1.807, 2.05) is 36.4 Å². The molecular formula is C11H7NO3PS+. The third kappa shape index (κ3) is 3.04. The van der Waals surface area contributed by atoms with Crippen molar-refractivity contribution in [3.05, 3.63) is 36.4 Å². The first-order chi connectivity index (χ1) is 8.29. The molecule has 1 unspecified atom stereocenters. The Bertz CT molecular complexity index is 562. The van der Waals surface area contributed by atoms with Gasteiger partial charge in [-0.1, -0.05) is 36.8 Å². The predicted octanol–water partition coefficient (Wildman–Crippen LogP) is 3.10. The smallest absolute Gasteiger partial charge is 0.352 e. The molecule has 17 heavy (non-hydrogen) atoms. The average Bonchev–Trinajstić information content (AvgIpc) is 2.79. The zero-order valence-electron chi connectivity index (χ0n) is 8.57. The normalized spacial score (nSPS) is 10.4. The Balaban J connectivity index is 2.12. The zero-order valence-corrected chi connectivity index (χ0v) is 10.3. The fourth-order valence-electron chi connectivity index (χ4n) is 1.18. The van der Waals surface area contributed by atoms with Gasteiger partial charge in [0.15, 0.2) is 11.9 Å². The molecule has 0 aliphatic carbocycles. The monoisotopic (exact) mass is 264 g/mol. The molecule has 6 heteroatoms. The third-order valence-corrected chi connectivity index (χ3v) is 2.88. The molecule has 1 aromatic carbocycles. The lowest BCUT2D eigenvalue weighted by atomic mass is 10.2. The molecule has 0 N–H and O–H groups in total. The van der Waals surface area contributed by atoms with E-state index in [-0.39, 0.29) is 5.88 Å². The van der Waals surface area contributed by atoms with Gasteiger partial charge in [-0.25, -0.2) is 4.52 Å². The van der Waals surface area contributed by atoms with Crippen molar-refractivity contribution in [1.82, 2.24) is 5.16 Å². The van der Waals surface area contributed by atoms with Crippen LogP contribution in [0.15, 0.2) is 40.9 Å². The molecule has 2 rings (SSSR count). The molecule has 0 aliphatic heterocycles. The summed E-state index contributed by atoms with van der Waals surface area (Å²) in [5.74, 6) is 0.861. The van der Waals surface area contributed by atoms with Crippen LogP contribution in [0.25, 0.3) is 11.3 Å². The van der Waals surface area contributed by atoms with E-state index in [0.717, 1.165) is 5.56 Å². The number of rotatable bonds is 4. The van der Waals surface area contributed by atoms with E-state index in [2.05, 4.69) is 9.68 Å². The van der Waals surface area contributed by atoms with Gasteiger partial charge in [0, 0.05) is 5.56 Å². The summed E-state index contributed by atoms with van der Waals surface area (Å²) in [6.45, 7) is 0. The van der Waals surface area contributed by atoms with Gasteiger partial charge in [0.2, 0.25) is 0 Å². The molecular weight excluding hydrogens is 257 g/mol. The fraction of sp³-hybridized carbons (Fsp3) is 0. The maximum Gasteiger partial charge on any atom is 0.638 e. The van der Waals surface area contributed by atoms with Crippen LogP contribution in [0.5, 0.6) is 5.88 Å². The summed E-state index contributed by atoms with van der Waals surface area (Å²) in [7, 11) is -1.59. The molecule has 0 radical (unpaired) electrons. The number of benzene rings is 1. The van der Waals surface area contributed by atoms with E-state index in [0.29, 0.717) is 5.76 Å². The number of aromatic nitrogens is 1. The van der Waals surface area contributed by atoms with Crippen LogP contribution < -0.4 is 4.52 Å². The molecule has 1 aromatic heterocycles. The minimum atomic E-state index is -1.59. The molecule has 0 aliphatic rings. The Hall–Kier alpha value is -1.89. The SMILES string of the molecule is C#CO[P+](=S)Oc1cc(-c2ccccc2)on1. The first kappa shape index (κ1) is 11.6. The van der Waals surface area contributed by atoms with E-state index in [4.69, 9.17) is 27.3 Å². The van der Waals surface area contributed by atoms with E-state index >= 15 is 0 Å². The van der Waals surface area contributed by atoms with Gasteiger partial charge in [0.25, 0.3) is 11.8 Å². The van der Waals surface area contributed by atoms with Crippen LogP contribution >= 0.6 is 7.15 Å². The lowest BCUT2D eigenvalue weighted by Gasteiger charge is -1.90. The van der Waals surface area contributed by atoms with Gasteiger partial charge in [-0.2, -0.15) is 4.52 Å². The maximum absolute atomic E-state index is 5.17. The number of nitrogens with zero attached hydrogens (tertiary/aromatic N) is 1. The minimum Gasteiger partial charge on any atom is -0.352 e. The van der Waals surface area contributed by atoms with Crippen molar-refractivity contribution >= 4 is 19.0 Å². The molecule has 1 heterocycles. The van der Waals surface area contributed by atoms with Crippen LogP contribution in [-0.4, -0.2) is 5.16 Å². The lowest BCUT2D eigenvalue weighted by Crippen LogP contribution is -1.80. The Kier molecular flexibility index (Phi) is 3.71. The van der Waals surface area contributed by atoms with E-state index in [1.54, 1.807) is 6.07 Å². The quantitative estimate of drug-likeness (QED) is 0.627. The Labute approximate surface area is 104 Å². The minimum absolute atomic E-state index is 0.264. The summed E-state index contributed by atoms with van der Waals surface area (Å²) < 4.78 is 14.9. The molecule has 1 atom stereocenters. The number of hydrogen-bond donors (Lipinski definition) is 0. The standard InChI is InChI=1S/C11H7NO3PS/c1-2-13-16(17)15-11-8-10(14-12-11)9-6-4-3-5-7-9/h1,3-8H/q+1. The fourth-order valence-corrected chi connectivity index (χ4v) is 1.90. The Morgan fingerprint density at radius 1 is 1.35 bits per heavy atom. The highest BCUT2D eigenvalue weighted by Crippen LogP contribution is 2.30.